The number of carbonyl (C=O) groups excluding carboxylic acids is 1. The number of amides is 1. The van der Waals surface area contributed by atoms with Crippen LogP contribution in [0.1, 0.15) is 15.9 Å². The summed E-state index contributed by atoms with van der Waals surface area (Å²) >= 11 is 2.17. The van der Waals surface area contributed by atoms with Gasteiger partial charge in [-0.15, -0.1) is 0 Å². The maximum Gasteiger partial charge on any atom is 0.259 e. The number of aromatic nitrogens is 3. The molecule has 5 nitrogen and oxygen atoms in total. The normalized spacial score (nSPS) is 10.3. The van der Waals surface area contributed by atoms with Crippen LogP contribution in [0.2, 0.25) is 0 Å². The molecule has 0 saturated carbocycles. The van der Waals surface area contributed by atoms with Gasteiger partial charge in [0.05, 0.1) is 5.56 Å². The van der Waals surface area contributed by atoms with E-state index in [1.54, 1.807) is 13.1 Å². The highest BCUT2D eigenvalue weighted by Crippen LogP contribution is 2.17. The van der Waals surface area contributed by atoms with E-state index in [0.717, 1.165) is 9.13 Å². The van der Waals surface area contributed by atoms with Crippen molar-refractivity contribution in [2.45, 2.75) is 6.92 Å². The van der Waals surface area contributed by atoms with E-state index in [2.05, 4.69) is 38.0 Å². The van der Waals surface area contributed by atoms with Gasteiger partial charge in [-0.2, -0.15) is 10.1 Å². The van der Waals surface area contributed by atoms with Crippen molar-refractivity contribution in [1.29, 1.82) is 0 Å². The van der Waals surface area contributed by atoms with E-state index < -0.39 is 0 Å². The number of hydrogen-bond donors (Lipinski definition) is 1. The number of anilines is 1. The molecule has 88 valence electrons. The van der Waals surface area contributed by atoms with Crippen molar-refractivity contribution in [2.24, 2.45) is 7.05 Å². The molecule has 0 aliphatic carbocycles. The highest BCUT2D eigenvalue weighted by molar-refractivity contribution is 14.1. The van der Waals surface area contributed by atoms with E-state index in [4.69, 9.17) is 0 Å². The van der Waals surface area contributed by atoms with Crippen molar-refractivity contribution >= 4 is 34.4 Å². The molecule has 2 aromatic rings. The minimum absolute atomic E-state index is 0.172. The summed E-state index contributed by atoms with van der Waals surface area (Å²) in [7, 11) is 1.73. The second kappa shape index (κ2) is 4.82. The summed E-state index contributed by atoms with van der Waals surface area (Å²) in [4.78, 5) is 16.0. The molecule has 1 N–H and O–H groups in total. The summed E-state index contributed by atoms with van der Waals surface area (Å²) < 4.78 is 2.46. The fourth-order valence-electron chi connectivity index (χ4n) is 1.40. The quantitative estimate of drug-likeness (QED) is 0.849. The number of nitrogens with zero attached hydrogens (tertiary/aromatic N) is 3. The molecule has 1 amide bonds. The lowest BCUT2D eigenvalue weighted by atomic mass is 10.1. The molecule has 0 saturated heterocycles. The predicted octanol–water partition coefficient (Wildman–Crippen LogP) is 1.98. The van der Waals surface area contributed by atoms with Gasteiger partial charge >= 0.3 is 0 Å². The van der Waals surface area contributed by atoms with E-state index in [1.165, 1.54) is 11.0 Å². The number of carbonyl (C=O) groups is 1. The van der Waals surface area contributed by atoms with Gasteiger partial charge in [-0.25, -0.2) is 4.68 Å². The fourth-order valence-corrected chi connectivity index (χ4v) is 2.01. The van der Waals surface area contributed by atoms with Crippen LogP contribution in [-0.4, -0.2) is 20.7 Å². The summed E-state index contributed by atoms with van der Waals surface area (Å²) in [5, 5.41) is 6.61. The Morgan fingerprint density at radius 1 is 1.47 bits per heavy atom. The second-order valence-corrected chi connectivity index (χ2v) is 4.68. The number of aryl methyl sites for hydroxylation is 2. The smallest absolute Gasteiger partial charge is 0.259 e. The average molecular weight is 342 g/mol. The van der Waals surface area contributed by atoms with Crippen LogP contribution >= 0.6 is 22.6 Å². The van der Waals surface area contributed by atoms with Crippen molar-refractivity contribution in [1.82, 2.24) is 14.8 Å². The Morgan fingerprint density at radius 3 is 2.88 bits per heavy atom. The summed E-state index contributed by atoms with van der Waals surface area (Å²) in [6.45, 7) is 1.97. The van der Waals surface area contributed by atoms with E-state index in [9.17, 15) is 4.79 Å². The Morgan fingerprint density at radius 2 is 2.24 bits per heavy atom. The van der Waals surface area contributed by atoms with Gasteiger partial charge in [0, 0.05) is 10.6 Å². The lowest BCUT2D eigenvalue weighted by molar-refractivity contribution is 0.102. The highest BCUT2D eigenvalue weighted by atomic mass is 127. The van der Waals surface area contributed by atoms with Crippen molar-refractivity contribution in [3.05, 3.63) is 39.2 Å². The van der Waals surface area contributed by atoms with Crippen LogP contribution in [0.15, 0.2) is 24.5 Å². The van der Waals surface area contributed by atoms with Gasteiger partial charge in [-0.05, 0) is 41.1 Å². The van der Waals surface area contributed by atoms with Crippen molar-refractivity contribution in [3.8, 4) is 0 Å². The summed E-state index contributed by atoms with van der Waals surface area (Å²) in [5.74, 6) is 0.265. The van der Waals surface area contributed by atoms with Crippen molar-refractivity contribution in [3.63, 3.8) is 0 Å². The molecule has 1 aromatic carbocycles. The van der Waals surface area contributed by atoms with Crippen LogP contribution in [0.4, 0.5) is 5.95 Å². The highest BCUT2D eigenvalue weighted by Gasteiger charge is 2.13. The first-order chi connectivity index (χ1) is 8.09. The molecule has 0 radical (unpaired) electrons. The van der Waals surface area contributed by atoms with Crippen LogP contribution in [0.25, 0.3) is 0 Å². The predicted molar refractivity (Wildman–Crippen MR) is 72.9 cm³/mol. The zero-order valence-corrected chi connectivity index (χ0v) is 11.6. The Labute approximate surface area is 112 Å². The number of hydrogen-bond acceptors (Lipinski definition) is 3. The van der Waals surface area contributed by atoms with Gasteiger partial charge in [0.2, 0.25) is 5.95 Å². The zero-order valence-electron chi connectivity index (χ0n) is 9.44. The monoisotopic (exact) mass is 342 g/mol. The zero-order chi connectivity index (χ0) is 12.4. The van der Waals surface area contributed by atoms with E-state index >= 15 is 0 Å². The summed E-state index contributed by atoms with van der Waals surface area (Å²) in [5.41, 5.74) is 1.73. The minimum Gasteiger partial charge on any atom is -0.291 e. The largest absolute Gasteiger partial charge is 0.291 e. The second-order valence-electron chi connectivity index (χ2n) is 3.60. The molecular weight excluding hydrogens is 331 g/mol. The van der Waals surface area contributed by atoms with Gasteiger partial charge < -0.3 is 0 Å². The molecule has 0 unspecified atom stereocenters. The number of halogens is 1. The molecule has 1 aromatic heterocycles. The van der Waals surface area contributed by atoms with Gasteiger partial charge in [-0.1, -0.05) is 12.1 Å². The van der Waals surface area contributed by atoms with Crippen LogP contribution in [0, 0.1) is 10.5 Å². The fraction of sp³-hybridized carbons (Fsp3) is 0.182. The minimum atomic E-state index is -0.172. The Bertz CT molecular complexity index is 564. The summed E-state index contributed by atoms with van der Waals surface area (Å²) in [6, 6.07) is 5.63. The molecule has 6 heteroatoms. The van der Waals surface area contributed by atoms with Gasteiger partial charge in [-0.3, -0.25) is 10.1 Å². The molecule has 17 heavy (non-hydrogen) atoms. The number of benzene rings is 1. The van der Waals surface area contributed by atoms with Gasteiger partial charge in [0.1, 0.15) is 6.33 Å². The lowest BCUT2D eigenvalue weighted by Gasteiger charge is -2.07. The number of rotatable bonds is 2. The Balaban J connectivity index is 2.27. The third-order valence-corrected chi connectivity index (χ3v) is 3.81. The lowest BCUT2D eigenvalue weighted by Crippen LogP contribution is -2.16. The summed E-state index contributed by atoms with van der Waals surface area (Å²) in [6.07, 6.45) is 1.40. The third-order valence-electron chi connectivity index (χ3n) is 2.37. The van der Waals surface area contributed by atoms with Crippen LogP contribution < -0.4 is 5.32 Å². The topological polar surface area (TPSA) is 59.8 Å². The molecule has 0 aliphatic heterocycles. The Kier molecular flexibility index (Phi) is 3.41. The first-order valence-corrected chi connectivity index (χ1v) is 6.08. The molecule has 0 bridgehead atoms. The van der Waals surface area contributed by atoms with Gasteiger partial charge in [0.15, 0.2) is 0 Å². The third kappa shape index (κ3) is 2.46. The van der Waals surface area contributed by atoms with Crippen LogP contribution in [-0.2, 0) is 7.05 Å². The SMILES string of the molecule is Cc1cccc(C(=O)Nc2ncnn2C)c1I. The van der Waals surface area contributed by atoms with E-state index in [0.29, 0.717) is 11.5 Å². The molecular formula is C11H11IN4O. The maximum atomic E-state index is 12.0. The first-order valence-electron chi connectivity index (χ1n) is 5.00. The van der Waals surface area contributed by atoms with Crippen molar-refractivity contribution in [2.75, 3.05) is 5.32 Å². The van der Waals surface area contributed by atoms with E-state index in [-0.39, 0.29) is 5.91 Å². The molecule has 0 fully saturated rings. The molecule has 2 rings (SSSR count). The number of nitrogens with one attached hydrogen (secondary N) is 1. The van der Waals surface area contributed by atoms with Crippen molar-refractivity contribution < 1.29 is 4.79 Å². The average Bonchev–Trinajstić information content (AvgIpc) is 2.68. The van der Waals surface area contributed by atoms with Crippen LogP contribution in [0.3, 0.4) is 0 Å². The first kappa shape index (κ1) is 12.0. The standard InChI is InChI=1S/C11H11IN4O/c1-7-4-3-5-8(9(7)12)10(17)15-11-13-6-14-16(11)2/h3-6H,1-2H3,(H,13,14,15,17). The Hall–Kier alpha value is -1.44. The van der Waals surface area contributed by atoms with Gasteiger partial charge in [0.25, 0.3) is 5.91 Å². The molecule has 1 heterocycles. The molecule has 0 spiro atoms. The van der Waals surface area contributed by atoms with E-state index in [1.807, 2.05) is 19.1 Å². The molecule has 0 atom stereocenters. The maximum absolute atomic E-state index is 12.0. The molecule has 0 aliphatic rings. The van der Waals surface area contributed by atoms with Crippen LogP contribution in [0.5, 0.6) is 0 Å².